The maximum atomic E-state index is 13.9. The van der Waals surface area contributed by atoms with Crippen LogP contribution in [0.5, 0.6) is 5.75 Å². The third-order valence-corrected chi connectivity index (χ3v) is 9.37. The van der Waals surface area contributed by atoms with Crippen LogP contribution in [0, 0.1) is 5.82 Å². The summed E-state index contributed by atoms with van der Waals surface area (Å²) in [6, 6.07) is 9.39. The molecule has 35 heavy (non-hydrogen) atoms. The van der Waals surface area contributed by atoms with Crippen LogP contribution in [0.25, 0.3) is 10.2 Å². The minimum atomic E-state index is -3.98. The van der Waals surface area contributed by atoms with Crippen molar-refractivity contribution in [2.45, 2.75) is 42.7 Å². The second kappa shape index (κ2) is 9.81. The van der Waals surface area contributed by atoms with Crippen molar-refractivity contribution in [2.75, 3.05) is 31.7 Å². The molecule has 2 atom stereocenters. The lowest BCUT2D eigenvalue weighted by atomic mass is 10.2. The number of para-hydroxylation sites is 1. The summed E-state index contributed by atoms with van der Waals surface area (Å²) in [5.41, 5.74) is 0.655. The van der Waals surface area contributed by atoms with Gasteiger partial charge in [0, 0.05) is 13.2 Å². The third-order valence-electron chi connectivity index (χ3n) is 6.41. The molecule has 0 spiro atoms. The van der Waals surface area contributed by atoms with E-state index < -0.39 is 21.9 Å². The molecule has 0 saturated carbocycles. The molecule has 2 aromatic carbocycles. The van der Waals surface area contributed by atoms with Gasteiger partial charge in [0.2, 0.25) is 15.9 Å². The topological polar surface area (TPSA) is 89.0 Å². The maximum Gasteiger partial charge on any atom is 0.247 e. The first kappa shape index (κ1) is 24.1. The zero-order valence-electron chi connectivity index (χ0n) is 19.2. The van der Waals surface area contributed by atoms with Gasteiger partial charge in [-0.25, -0.2) is 17.8 Å². The Morgan fingerprint density at radius 3 is 2.74 bits per heavy atom. The van der Waals surface area contributed by atoms with Crippen molar-refractivity contribution in [3.63, 3.8) is 0 Å². The second-order valence-corrected chi connectivity index (χ2v) is 11.5. The van der Waals surface area contributed by atoms with E-state index in [0.717, 1.165) is 29.7 Å². The number of anilines is 1. The SMILES string of the molecule is COc1cccc2sc(N(CC3CCCO3)C(=O)C3CCCN3S(=O)(=O)c3ccc(F)cc3)nc12. The van der Waals surface area contributed by atoms with Gasteiger partial charge >= 0.3 is 0 Å². The Morgan fingerprint density at radius 1 is 1.23 bits per heavy atom. The van der Waals surface area contributed by atoms with E-state index >= 15 is 0 Å². The second-order valence-electron chi connectivity index (χ2n) is 8.62. The molecule has 0 bridgehead atoms. The Morgan fingerprint density at radius 2 is 2.03 bits per heavy atom. The van der Waals surface area contributed by atoms with E-state index in [2.05, 4.69) is 0 Å². The monoisotopic (exact) mass is 519 g/mol. The van der Waals surface area contributed by atoms with Crippen molar-refractivity contribution < 1.29 is 27.1 Å². The molecule has 1 aromatic heterocycles. The van der Waals surface area contributed by atoms with Crippen LogP contribution in [0.2, 0.25) is 0 Å². The molecule has 186 valence electrons. The normalized spacial score (nSPS) is 21.0. The number of benzene rings is 2. The number of hydrogen-bond acceptors (Lipinski definition) is 7. The van der Waals surface area contributed by atoms with Gasteiger partial charge in [-0.15, -0.1) is 0 Å². The van der Waals surface area contributed by atoms with E-state index in [1.165, 1.54) is 27.8 Å². The van der Waals surface area contributed by atoms with E-state index in [1.54, 1.807) is 12.0 Å². The van der Waals surface area contributed by atoms with Crippen molar-refractivity contribution in [2.24, 2.45) is 0 Å². The molecule has 1 amide bonds. The number of amides is 1. The first-order chi connectivity index (χ1) is 16.9. The Balaban J connectivity index is 1.50. The number of hydrogen-bond donors (Lipinski definition) is 0. The smallest absolute Gasteiger partial charge is 0.247 e. The molecule has 3 heterocycles. The minimum Gasteiger partial charge on any atom is -0.494 e. The van der Waals surface area contributed by atoms with Crippen LogP contribution >= 0.6 is 11.3 Å². The zero-order valence-corrected chi connectivity index (χ0v) is 20.9. The highest BCUT2D eigenvalue weighted by atomic mass is 32.2. The number of carbonyl (C=O) groups excluding carboxylic acids is 1. The predicted molar refractivity (Wildman–Crippen MR) is 131 cm³/mol. The average molecular weight is 520 g/mol. The molecule has 2 unspecified atom stereocenters. The highest BCUT2D eigenvalue weighted by Crippen LogP contribution is 2.36. The molecular formula is C24H26FN3O5S2. The third kappa shape index (κ3) is 4.65. The van der Waals surface area contributed by atoms with Gasteiger partial charge in [-0.05, 0) is 62.1 Å². The quantitative estimate of drug-likeness (QED) is 0.472. The number of aromatic nitrogens is 1. The van der Waals surface area contributed by atoms with Crippen molar-refractivity contribution in [1.29, 1.82) is 0 Å². The molecule has 3 aromatic rings. The van der Waals surface area contributed by atoms with E-state index in [4.69, 9.17) is 14.5 Å². The van der Waals surface area contributed by atoms with Crippen LogP contribution in [0.15, 0.2) is 47.4 Å². The molecule has 0 radical (unpaired) electrons. The molecule has 2 aliphatic heterocycles. The summed E-state index contributed by atoms with van der Waals surface area (Å²) in [6.07, 6.45) is 2.54. The van der Waals surface area contributed by atoms with Crippen LogP contribution in [-0.4, -0.2) is 62.6 Å². The standard InChI is InChI=1S/C24H26FN3O5S2/c1-32-20-7-2-8-21-22(20)26-24(34-21)27(15-17-5-4-14-33-17)23(29)19-6-3-13-28(19)35(30,31)18-11-9-16(25)10-12-18/h2,7-12,17,19H,3-6,13-15H2,1H3. The fourth-order valence-corrected chi connectivity index (χ4v) is 7.29. The number of fused-ring (bicyclic) bond motifs is 1. The molecular weight excluding hydrogens is 493 g/mol. The van der Waals surface area contributed by atoms with E-state index in [1.807, 2.05) is 18.2 Å². The first-order valence-corrected chi connectivity index (χ1v) is 13.8. The summed E-state index contributed by atoms with van der Waals surface area (Å²) in [6.45, 7) is 1.15. The Kier molecular flexibility index (Phi) is 6.75. The number of ether oxygens (including phenoxy) is 2. The van der Waals surface area contributed by atoms with Crippen LogP contribution in [0.4, 0.5) is 9.52 Å². The Hall–Kier alpha value is -2.60. The number of halogens is 1. The summed E-state index contributed by atoms with van der Waals surface area (Å²) in [7, 11) is -2.41. The highest BCUT2D eigenvalue weighted by Gasteiger charge is 2.42. The van der Waals surface area contributed by atoms with E-state index in [-0.39, 0.29) is 23.5 Å². The predicted octanol–water partition coefficient (Wildman–Crippen LogP) is 3.81. The lowest BCUT2D eigenvalue weighted by Crippen LogP contribution is -2.49. The molecule has 2 fully saturated rings. The van der Waals surface area contributed by atoms with Gasteiger partial charge in [0.25, 0.3) is 0 Å². The van der Waals surface area contributed by atoms with Gasteiger partial charge < -0.3 is 9.47 Å². The molecule has 0 N–H and O–H groups in total. The summed E-state index contributed by atoms with van der Waals surface area (Å²) in [5.74, 6) is -0.246. The summed E-state index contributed by atoms with van der Waals surface area (Å²) < 4.78 is 53.5. The number of carbonyl (C=O) groups is 1. The Bertz CT molecular complexity index is 1320. The number of sulfonamides is 1. The lowest BCUT2D eigenvalue weighted by molar-refractivity contribution is -0.122. The van der Waals surface area contributed by atoms with Gasteiger partial charge in [-0.3, -0.25) is 9.69 Å². The van der Waals surface area contributed by atoms with Crippen molar-refractivity contribution in [1.82, 2.24) is 9.29 Å². The van der Waals surface area contributed by atoms with E-state index in [0.29, 0.717) is 42.4 Å². The summed E-state index contributed by atoms with van der Waals surface area (Å²) in [5, 5.41) is 0.482. The van der Waals surface area contributed by atoms with Crippen molar-refractivity contribution in [3.05, 3.63) is 48.3 Å². The minimum absolute atomic E-state index is 0.0333. The van der Waals surface area contributed by atoms with E-state index in [9.17, 15) is 17.6 Å². The number of methoxy groups -OCH3 is 1. The maximum absolute atomic E-state index is 13.9. The van der Waals surface area contributed by atoms with Crippen LogP contribution < -0.4 is 9.64 Å². The number of nitrogens with zero attached hydrogens (tertiary/aromatic N) is 3. The largest absolute Gasteiger partial charge is 0.494 e. The molecule has 0 aliphatic carbocycles. The number of thiazole rings is 1. The van der Waals surface area contributed by atoms with Gasteiger partial charge in [-0.1, -0.05) is 17.4 Å². The first-order valence-electron chi connectivity index (χ1n) is 11.5. The molecule has 8 nitrogen and oxygen atoms in total. The lowest BCUT2D eigenvalue weighted by Gasteiger charge is -2.29. The van der Waals surface area contributed by atoms with Crippen LogP contribution in [0.1, 0.15) is 25.7 Å². The van der Waals surface area contributed by atoms with Gasteiger partial charge in [0.05, 0.1) is 29.4 Å². The Labute approximate surface area is 207 Å². The summed E-state index contributed by atoms with van der Waals surface area (Å²) in [4.78, 5) is 20.2. The summed E-state index contributed by atoms with van der Waals surface area (Å²) >= 11 is 1.36. The number of rotatable bonds is 7. The molecule has 2 saturated heterocycles. The van der Waals surface area contributed by atoms with Gasteiger partial charge in [0.15, 0.2) is 5.13 Å². The molecule has 11 heteroatoms. The van der Waals surface area contributed by atoms with Crippen LogP contribution in [-0.2, 0) is 19.6 Å². The average Bonchev–Trinajstić information content (AvgIpc) is 3.62. The molecule has 5 rings (SSSR count). The van der Waals surface area contributed by atoms with Crippen molar-refractivity contribution >= 4 is 42.6 Å². The zero-order chi connectivity index (χ0) is 24.6. The fourth-order valence-electron chi connectivity index (χ4n) is 4.64. The fraction of sp³-hybridized carbons (Fsp3) is 0.417. The molecule has 2 aliphatic rings. The van der Waals surface area contributed by atoms with Gasteiger partial charge in [0.1, 0.15) is 23.1 Å². The highest BCUT2D eigenvalue weighted by molar-refractivity contribution is 7.89. The van der Waals surface area contributed by atoms with Gasteiger partial charge in [-0.2, -0.15) is 4.31 Å². The van der Waals surface area contributed by atoms with Crippen molar-refractivity contribution in [3.8, 4) is 5.75 Å². The van der Waals surface area contributed by atoms with Crippen LogP contribution in [0.3, 0.4) is 0 Å².